The molecule has 0 radical (unpaired) electrons. The molecule has 0 atom stereocenters. The lowest BCUT2D eigenvalue weighted by molar-refractivity contribution is -0.144. The molecule has 0 amide bonds. The van der Waals surface area contributed by atoms with Crippen LogP contribution in [0.4, 0.5) is 0 Å². The van der Waals surface area contributed by atoms with Gasteiger partial charge in [-0.1, -0.05) is 74.2 Å². The average molecular weight is 351 g/mol. The molecule has 120 valence electrons. The van der Waals surface area contributed by atoms with E-state index in [0.29, 0.717) is 26.2 Å². The van der Waals surface area contributed by atoms with Crippen LogP contribution in [0.15, 0.2) is 0 Å². The van der Waals surface area contributed by atoms with Gasteiger partial charge in [-0.15, -0.1) is 0 Å². The molecule has 0 aromatic heterocycles. The maximum Gasteiger partial charge on any atom is 0.308 e. The zero-order chi connectivity index (χ0) is 14.9. The smallest absolute Gasteiger partial charge is 0.308 e. The molecule has 3 nitrogen and oxygen atoms in total. The highest BCUT2D eigenvalue weighted by molar-refractivity contribution is 9.09. The largest absolute Gasteiger partial charge is 0.466 e. The van der Waals surface area contributed by atoms with Crippen molar-refractivity contribution in [2.75, 3.05) is 25.2 Å². The van der Waals surface area contributed by atoms with E-state index in [4.69, 9.17) is 9.47 Å². The third-order valence-electron chi connectivity index (χ3n) is 3.18. The molecule has 0 aromatic rings. The molecule has 0 aliphatic rings. The predicted molar refractivity (Wildman–Crippen MR) is 87.4 cm³/mol. The van der Waals surface area contributed by atoms with Crippen LogP contribution in [-0.4, -0.2) is 31.1 Å². The standard InChI is InChI=1S/C16H31BrO3/c1-2-3-4-5-6-7-8-9-10-13-20-16(18)11-14-19-15-12-17/h2-15H2,1H3. The highest BCUT2D eigenvalue weighted by Crippen LogP contribution is 2.09. The summed E-state index contributed by atoms with van der Waals surface area (Å²) in [6.45, 7) is 3.91. The third kappa shape index (κ3) is 16.0. The Hall–Kier alpha value is -0.0900. The van der Waals surface area contributed by atoms with Crippen molar-refractivity contribution >= 4 is 21.9 Å². The first-order valence-corrected chi connectivity index (χ1v) is 9.22. The van der Waals surface area contributed by atoms with E-state index in [1.54, 1.807) is 0 Å². The molecule has 0 fully saturated rings. The van der Waals surface area contributed by atoms with Gasteiger partial charge in [-0.25, -0.2) is 0 Å². The Kier molecular flexibility index (Phi) is 16.9. The van der Waals surface area contributed by atoms with Crippen molar-refractivity contribution in [3.63, 3.8) is 0 Å². The first-order valence-electron chi connectivity index (χ1n) is 8.10. The number of hydrogen-bond acceptors (Lipinski definition) is 3. The van der Waals surface area contributed by atoms with Crippen LogP contribution in [0.2, 0.25) is 0 Å². The minimum atomic E-state index is -0.140. The zero-order valence-electron chi connectivity index (χ0n) is 13.0. The molecule has 0 aliphatic heterocycles. The normalized spacial score (nSPS) is 10.7. The van der Waals surface area contributed by atoms with E-state index >= 15 is 0 Å². The lowest BCUT2D eigenvalue weighted by Crippen LogP contribution is -2.10. The van der Waals surface area contributed by atoms with Gasteiger partial charge in [-0.3, -0.25) is 4.79 Å². The molecule has 0 spiro atoms. The fourth-order valence-electron chi connectivity index (χ4n) is 1.98. The topological polar surface area (TPSA) is 35.5 Å². The molecule has 0 aliphatic carbocycles. The minimum absolute atomic E-state index is 0.140. The first-order chi connectivity index (χ1) is 9.81. The summed E-state index contributed by atoms with van der Waals surface area (Å²) in [7, 11) is 0. The van der Waals surface area contributed by atoms with E-state index < -0.39 is 0 Å². The summed E-state index contributed by atoms with van der Waals surface area (Å²) in [4.78, 5) is 11.3. The summed E-state index contributed by atoms with van der Waals surface area (Å²) in [5, 5.41) is 0.806. The molecule has 0 unspecified atom stereocenters. The summed E-state index contributed by atoms with van der Waals surface area (Å²) >= 11 is 3.26. The van der Waals surface area contributed by atoms with E-state index in [1.807, 2.05) is 0 Å². The van der Waals surface area contributed by atoms with Gasteiger partial charge in [-0.05, 0) is 6.42 Å². The summed E-state index contributed by atoms with van der Waals surface area (Å²) in [6, 6.07) is 0. The van der Waals surface area contributed by atoms with E-state index in [9.17, 15) is 4.79 Å². The third-order valence-corrected chi connectivity index (χ3v) is 3.51. The van der Waals surface area contributed by atoms with Crippen LogP contribution in [0.1, 0.15) is 71.1 Å². The number of rotatable bonds is 15. The second-order valence-corrected chi connectivity index (χ2v) is 5.89. The van der Waals surface area contributed by atoms with Crippen molar-refractivity contribution in [2.24, 2.45) is 0 Å². The van der Waals surface area contributed by atoms with Crippen molar-refractivity contribution < 1.29 is 14.3 Å². The maximum atomic E-state index is 11.3. The molecule has 0 N–H and O–H groups in total. The molecule has 0 saturated carbocycles. The summed E-state index contributed by atoms with van der Waals surface area (Å²) in [6.07, 6.45) is 11.9. The Bertz CT molecular complexity index is 210. The summed E-state index contributed by atoms with van der Waals surface area (Å²) in [5.74, 6) is -0.140. The van der Waals surface area contributed by atoms with Crippen molar-refractivity contribution in [2.45, 2.75) is 71.1 Å². The van der Waals surface area contributed by atoms with Gasteiger partial charge in [0.05, 0.1) is 26.2 Å². The number of hydrogen-bond donors (Lipinski definition) is 0. The van der Waals surface area contributed by atoms with Crippen LogP contribution >= 0.6 is 15.9 Å². The lowest BCUT2D eigenvalue weighted by atomic mass is 10.1. The maximum absolute atomic E-state index is 11.3. The molecular weight excluding hydrogens is 320 g/mol. The van der Waals surface area contributed by atoms with Gasteiger partial charge >= 0.3 is 5.97 Å². The van der Waals surface area contributed by atoms with Gasteiger partial charge in [0.25, 0.3) is 0 Å². The molecular formula is C16H31BrO3. The number of esters is 1. The highest BCUT2D eigenvalue weighted by Gasteiger charge is 2.02. The quantitative estimate of drug-likeness (QED) is 0.240. The van der Waals surface area contributed by atoms with Crippen LogP contribution in [0.25, 0.3) is 0 Å². The van der Waals surface area contributed by atoms with Gasteiger partial charge in [-0.2, -0.15) is 0 Å². The molecule has 0 bridgehead atoms. The van der Waals surface area contributed by atoms with Gasteiger partial charge in [0.2, 0.25) is 0 Å². The Morgan fingerprint density at radius 3 is 2.05 bits per heavy atom. The van der Waals surface area contributed by atoms with Crippen molar-refractivity contribution in [3.05, 3.63) is 0 Å². The number of carbonyl (C=O) groups is 1. The summed E-state index contributed by atoms with van der Waals surface area (Å²) < 4.78 is 10.4. The van der Waals surface area contributed by atoms with Crippen molar-refractivity contribution in [3.8, 4) is 0 Å². The van der Waals surface area contributed by atoms with Crippen molar-refractivity contribution in [1.29, 1.82) is 0 Å². The molecule has 20 heavy (non-hydrogen) atoms. The number of unbranched alkanes of at least 4 members (excludes halogenated alkanes) is 8. The van der Waals surface area contributed by atoms with Gasteiger partial charge in [0.1, 0.15) is 0 Å². The van der Waals surface area contributed by atoms with Crippen molar-refractivity contribution in [1.82, 2.24) is 0 Å². The van der Waals surface area contributed by atoms with Gasteiger partial charge in [0.15, 0.2) is 0 Å². The molecule has 0 heterocycles. The van der Waals surface area contributed by atoms with Gasteiger partial charge < -0.3 is 9.47 Å². The number of ether oxygens (including phenoxy) is 2. The SMILES string of the molecule is CCCCCCCCCCCOC(=O)CCOCCBr. The van der Waals surface area contributed by atoms with Crippen LogP contribution in [0, 0.1) is 0 Å². The second-order valence-electron chi connectivity index (χ2n) is 5.10. The van der Waals surface area contributed by atoms with E-state index in [-0.39, 0.29) is 5.97 Å². The van der Waals surface area contributed by atoms with E-state index in [1.165, 1.54) is 51.4 Å². The monoisotopic (exact) mass is 350 g/mol. The number of carbonyl (C=O) groups excluding carboxylic acids is 1. The van der Waals surface area contributed by atoms with E-state index in [0.717, 1.165) is 11.8 Å². The van der Waals surface area contributed by atoms with Crippen LogP contribution in [-0.2, 0) is 14.3 Å². The molecule has 0 saturated heterocycles. The highest BCUT2D eigenvalue weighted by atomic mass is 79.9. The predicted octanol–water partition coefficient (Wildman–Crippen LogP) is 4.86. The molecule has 4 heteroatoms. The fraction of sp³-hybridized carbons (Fsp3) is 0.938. The van der Waals surface area contributed by atoms with Gasteiger partial charge in [0, 0.05) is 5.33 Å². The molecule has 0 aromatic carbocycles. The minimum Gasteiger partial charge on any atom is -0.466 e. The first kappa shape index (κ1) is 19.9. The second kappa shape index (κ2) is 17.0. The lowest BCUT2D eigenvalue weighted by Gasteiger charge is -2.05. The number of halogens is 1. The van der Waals surface area contributed by atoms with Crippen LogP contribution < -0.4 is 0 Å². The molecule has 0 rings (SSSR count). The Labute approximate surface area is 132 Å². The Morgan fingerprint density at radius 2 is 1.45 bits per heavy atom. The van der Waals surface area contributed by atoms with E-state index in [2.05, 4.69) is 22.9 Å². The Morgan fingerprint density at radius 1 is 0.850 bits per heavy atom. The summed E-state index contributed by atoms with van der Waals surface area (Å²) in [5.41, 5.74) is 0. The van der Waals surface area contributed by atoms with Crippen LogP contribution in [0.3, 0.4) is 0 Å². The number of alkyl halides is 1. The fourth-order valence-corrected chi connectivity index (χ4v) is 2.21. The van der Waals surface area contributed by atoms with Crippen LogP contribution in [0.5, 0.6) is 0 Å². The average Bonchev–Trinajstić information content (AvgIpc) is 2.45. The zero-order valence-corrected chi connectivity index (χ0v) is 14.6. The Balaban J connectivity index is 3.09.